The lowest BCUT2D eigenvalue weighted by molar-refractivity contribution is -0.162. The Kier molecular flexibility index (Phi) is 45.1. The van der Waals surface area contributed by atoms with Gasteiger partial charge in [0.15, 0.2) is 6.10 Å². The van der Waals surface area contributed by atoms with E-state index in [4.69, 9.17) is 14.2 Å². The van der Waals surface area contributed by atoms with Crippen molar-refractivity contribution in [2.75, 3.05) is 19.8 Å². The second-order valence-corrected chi connectivity index (χ2v) is 14.9. The van der Waals surface area contributed by atoms with Crippen LogP contribution in [0.5, 0.6) is 0 Å². The quantitative estimate of drug-likeness (QED) is 0.0350. The Labute approximate surface area is 357 Å². The monoisotopic (exact) mass is 803 g/mol. The van der Waals surface area contributed by atoms with E-state index in [1.807, 2.05) is 6.08 Å². The molecule has 1 atom stereocenters. The van der Waals surface area contributed by atoms with Gasteiger partial charge in [-0.2, -0.15) is 0 Å². The largest absolute Gasteiger partial charge is 0.462 e. The Morgan fingerprint density at radius 2 is 0.810 bits per heavy atom. The fraction of sp³-hybridized carbons (Fsp3) is 0.623. The second-order valence-electron chi connectivity index (χ2n) is 14.9. The molecule has 0 aliphatic heterocycles. The van der Waals surface area contributed by atoms with Crippen molar-refractivity contribution in [2.45, 2.75) is 194 Å². The molecule has 328 valence electrons. The van der Waals surface area contributed by atoms with E-state index in [0.29, 0.717) is 19.4 Å². The van der Waals surface area contributed by atoms with Gasteiger partial charge in [-0.15, -0.1) is 0 Å². The molecule has 0 saturated heterocycles. The molecular weight excluding hydrogens is 717 g/mol. The Bertz CT molecular complexity index is 1180. The van der Waals surface area contributed by atoms with E-state index in [2.05, 4.69) is 124 Å². The van der Waals surface area contributed by atoms with Crippen molar-refractivity contribution in [3.05, 3.63) is 109 Å². The molecule has 58 heavy (non-hydrogen) atoms. The molecular formula is C53H86O5. The van der Waals surface area contributed by atoms with Gasteiger partial charge in [-0.25, -0.2) is 0 Å². The lowest BCUT2D eigenvalue weighted by Crippen LogP contribution is -2.30. The van der Waals surface area contributed by atoms with Crippen LogP contribution >= 0.6 is 0 Å². The molecule has 1 unspecified atom stereocenters. The van der Waals surface area contributed by atoms with Crippen LogP contribution in [0.15, 0.2) is 109 Å². The molecule has 0 aromatic carbocycles. The first-order valence-electron chi connectivity index (χ1n) is 23.4. The van der Waals surface area contributed by atoms with Gasteiger partial charge in [0.2, 0.25) is 0 Å². The zero-order chi connectivity index (χ0) is 42.1. The normalized spacial score (nSPS) is 13.2. The molecule has 0 N–H and O–H groups in total. The van der Waals surface area contributed by atoms with Crippen LogP contribution in [0.4, 0.5) is 0 Å². The van der Waals surface area contributed by atoms with Crippen molar-refractivity contribution in [3.63, 3.8) is 0 Å². The van der Waals surface area contributed by atoms with Crippen molar-refractivity contribution >= 4 is 11.9 Å². The fourth-order valence-corrected chi connectivity index (χ4v) is 5.87. The number of hydrogen-bond acceptors (Lipinski definition) is 5. The van der Waals surface area contributed by atoms with Gasteiger partial charge in [-0.3, -0.25) is 9.59 Å². The molecule has 0 saturated carbocycles. The highest BCUT2D eigenvalue weighted by molar-refractivity contribution is 5.70. The molecule has 0 spiro atoms. The second kappa shape index (κ2) is 47.9. The zero-order valence-corrected chi connectivity index (χ0v) is 37.5. The van der Waals surface area contributed by atoms with Gasteiger partial charge in [0.25, 0.3) is 0 Å². The Morgan fingerprint density at radius 1 is 0.397 bits per heavy atom. The highest BCUT2D eigenvalue weighted by Gasteiger charge is 2.17. The molecule has 0 amide bonds. The molecule has 5 nitrogen and oxygen atoms in total. The fourth-order valence-electron chi connectivity index (χ4n) is 5.87. The summed E-state index contributed by atoms with van der Waals surface area (Å²) >= 11 is 0. The zero-order valence-electron chi connectivity index (χ0n) is 37.5. The third-order valence-electron chi connectivity index (χ3n) is 9.27. The number of carbonyl (C=O) groups excluding carboxylic acids is 2. The first-order valence-corrected chi connectivity index (χ1v) is 23.4. The highest BCUT2D eigenvalue weighted by atomic mass is 16.6. The number of ether oxygens (including phenoxy) is 3. The van der Waals surface area contributed by atoms with Crippen LogP contribution in [-0.4, -0.2) is 37.9 Å². The SMILES string of the molecule is CC/C=C\C/C=C\C/C=C\C/C=C\CCC(=O)OC(COCCCCCCCC/C=C\C/C=C\CCC)COC(=O)CCCCCCC/C=C\C/C=C\C/C=C\CC. The minimum absolute atomic E-state index is 0.0367. The van der Waals surface area contributed by atoms with Crippen LogP contribution in [0, 0.1) is 0 Å². The lowest BCUT2D eigenvalue weighted by atomic mass is 10.1. The third-order valence-corrected chi connectivity index (χ3v) is 9.27. The van der Waals surface area contributed by atoms with E-state index in [-0.39, 0.29) is 31.6 Å². The van der Waals surface area contributed by atoms with Crippen LogP contribution in [0.3, 0.4) is 0 Å². The maximum atomic E-state index is 12.7. The molecule has 0 fully saturated rings. The van der Waals surface area contributed by atoms with E-state index in [1.165, 1.54) is 51.4 Å². The van der Waals surface area contributed by atoms with E-state index in [1.54, 1.807) is 0 Å². The number of esters is 2. The molecule has 5 heteroatoms. The maximum absolute atomic E-state index is 12.7. The van der Waals surface area contributed by atoms with Crippen molar-refractivity contribution in [2.24, 2.45) is 0 Å². The molecule has 0 aliphatic carbocycles. The summed E-state index contributed by atoms with van der Waals surface area (Å²) < 4.78 is 17.2. The Balaban J connectivity index is 4.42. The van der Waals surface area contributed by atoms with Crippen molar-refractivity contribution in [1.29, 1.82) is 0 Å². The van der Waals surface area contributed by atoms with E-state index in [9.17, 15) is 9.59 Å². The van der Waals surface area contributed by atoms with Gasteiger partial charge < -0.3 is 14.2 Å². The van der Waals surface area contributed by atoms with Crippen molar-refractivity contribution in [3.8, 4) is 0 Å². The van der Waals surface area contributed by atoms with Crippen LogP contribution in [-0.2, 0) is 23.8 Å². The van der Waals surface area contributed by atoms with E-state index >= 15 is 0 Å². The topological polar surface area (TPSA) is 61.8 Å². The highest BCUT2D eigenvalue weighted by Crippen LogP contribution is 2.11. The summed E-state index contributed by atoms with van der Waals surface area (Å²) in [7, 11) is 0. The molecule has 0 heterocycles. The van der Waals surface area contributed by atoms with Gasteiger partial charge in [-0.1, -0.05) is 182 Å². The first kappa shape index (κ1) is 54.6. The summed E-state index contributed by atoms with van der Waals surface area (Å²) in [5.41, 5.74) is 0. The molecule has 0 aromatic heterocycles. The van der Waals surface area contributed by atoms with E-state index in [0.717, 1.165) is 96.3 Å². The van der Waals surface area contributed by atoms with Gasteiger partial charge >= 0.3 is 11.9 Å². The minimum Gasteiger partial charge on any atom is -0.462 e. The maximum Gasteiger partial charge on any atom is 0.306 e. The smallest absolute Gasteiger partial charge is 0.306 e. The van der Waals surface area contributed by atoms with Crippen LogP contribution < -0.4 is 0 Å². The van der Waals surface area contributed by atoms with Gasteiger partial charge in [0, 0.05) is 19.4 Å². The van der Waals surface area contributed by atoms with Crippen LogP contribution in [0.1, 0.15) is 188 Å². The predicted molar refractivity (Wildman–Crippen MR) is 251 cm³/mol. The van der Waals surface area contributed by atoms with Crippen molar-refractivity contribution < 1.29 is 23.8 Å². The number of carbonyl (C=O) groups is 2. The summed E-state index contributed by atoms with van der Waals surface area (Å²) in [4.78, 5) is 25.3. The van der Waals surface area contributed by atoms with Crippen molar-refractivity contribution in [1.82, 2.24) is 0 Å². The number of unbranched alkanes of at least 4 members (excludes halogenated alkanes) is 12. The molecule has 0 aromatic rings. The number of rotatable bonds is 41. The molecule has 0 radical (unpaired) electrons. The molecule has 0 bridgehead atoms. The lowest BCUT2D eigenvalue weighted by Gasteiger charge is -2.18. The van der Waals surface area contributed by atoms with Crippen LogP contribution in [0.2, 0.25) is 0 Å². The Morgan fingerprint density at radius 3 is 1.31 bits per heavy atom. The third kappa shape index (κ3) is 45.3. The summed E-state index contributed by atoms with van der Waals surface area (Å²) in [5, 5.41) is 0. The minimum atomic E-state index is -0.592. The Hall–Kier alpha value is -3.44. The standard InChI is InChI=1S/C53H86O5/c1-4-7-10-13-16-19-22-25-27-29-31-34-37-40-43-46-52(54)57-50-51(49-56-48-45-42-39-36-33-30-26-23-20-17-14-11-8-5-2)58-53(55)47-44-41-38-35-32-28-24-21-18-15-12-9-6-3/h7,9-12,14,16,18-21,23,25,27-28,32,38,41,51H,4-6,8,13,15,17,22,24,26,29-31,33-37,39-40,42-50H2,1-3H3/b10-7-,12-9-,14-11-,19-16-,21-18-,23-20-,27-25-,32-28-,41-38-. The van der Waals surface area contributed by atoms with Gasteiger partial charge in [0.1, 0.15) is 6.61 Å². The first-order chi connectivity index (χ1) is 28.6. The summed E-state index contributed by atoms with van der Waals surface area (Å²) in [6.07, 6.45) is 65.3. The van der Waals surface area contributed by atoms with Gasteiger partial charge in [-0.05, 0) is 103 Å². The van der Waals surface area contributed by atoms with Crippen LogP contribution in [0.25, 0.3) is 0 Å². The number of allylic oxidation sites excluding steroid dienone is 18. The summed E-state index contributed by atoms with van der Waals surface area (Å²) in [6, 6.07) is 0. The summed E-state index contributed by atoms with van der Waals surface area (Å²) in [5.74, 6) is -0.526. The number of hydrogen-bond donors (Lipinski definition) is 0. The summed E-state index contributed by atoms with van der Waals surface area (Å²) in [6.45, 7) is 7.40. The van der Waals surface area contributed by atoms with E-state index < -0.39 is 6.10 Å². The predicted octanol–water partition coefficient (Wildman–Crippen LogP) is 15.7. The molecule has 0 aliphatic rings. The average molecular weight is 803 g/mol. The van der Waals surface area contributed by atoms with Gasteiger partial charge in [0.05, 0.1) is 6.61 Å². The average Bonchev–Trinajstić information content (AvgIpc) is 3.22. The molecule has 0 rings (SSSR count).